The highest BCUT2D eigenvalue weighted by Gasteiger charge is 2.76. The second kappa shape index (κ2) is 6.27. The average Bonchev–Trinajstić information content (AvgIpc) is 2.94. The summed E-state index contributed by atoms with van der Waals surface area (Å²) in [5, 5.41) is 43.7. The van der Waals surface area contributed by atoms with Gasteiger partial charge in [0.2, 0.25) is 5.91 Å². The maximum Gasteiger partial charge on any atom is 0.245 e. The van der Waals surface area contributed by atoms with E-state index in [0.29, 0.717) is 24.2 Å². The van der Waals surface area contributed by atoms with Crippen LogP contribution >= 0.6 is 0 Å². The van der Waals surface area contributed by atoms with Gasteiger partial charge in [-0.2, -0.15) is 15.8 Å². The molecule has 1 aliphatic carbocycles. The minimum absolute atomic E-state index is 0.270. The summed E-state index contributed by atoms with van der Waals surface area (Å²) >= 11 is 0. The minimum Gasteiger partial charge on any atom is -0.497 e. The van der Waals surface area contributed by atoms with Gasteiger partial charge in [-0.15, -0.1) is 0 Å². The summed E-state index contributed by atoms with van der Waals surface area (Å²) in [4.78, 5) is 12.8. The van der Waals surface area contributed by atoms with Crippen LogP contribution in [0.2, 0.25) is 0 Å². The molecule has 1 saturated heterocycles. The molecule has 1 aliphatic heterocycles. The van der Waals surface area contributed by atoms with E-state index in [-0.39, 0.29) is 6.42 Å². The predicted octanol–water partition coefficient (Wildman–Crippen LogP) is 1.96. The Bertz CT molecular complexity index is 878. The summed E-state index contributed by atoms with van der Waals surface area (Å²) in [6.45, 7) is 1.93. The first kappa shape index (κ1) is 18.7. The topological polar surface area (TPSA) is 130 Å². The number of fused-ring (bicyclic) bond motifs is 2. The number of ether oxygens (including phenoxy) is 1. The zero-order valence-electron chi connectivity index (χ0n) is 15.2. The lowest BCUT2D eigenvalue weighted by molar-refractivity contribution is -0.128. The maximum absolute atomic E-state index is 12.8. The van der Waals surface area contributed by atoms with Crippen molar-refractivity contribution in [3.05, 3.63) is 29.8 Å². The minimum atomic E-state index is -1.93. The summed E-state index contributed by atoms with van der Waals surface area (Å²) in [5.41, 5.74) is -4.86. The van der Waals surface area contributed by atoms with E-state index in [0.717, 1.165) is 0 Å². The van der Waals surface area contributed by atoms with Crippen LogP contribution in [0.15, 0.2) is 24.3 Å². The summed E-state index contributed by atoms with van der Waals surface area (Å²) in [5.74, 6) is -1.54. The van der Waals surface area contributed by atoms with Crippen LogP contribution < -0.4 is 10.1 Å². The second-order valence-corrected chi connectivity index (χ2v) is 7.25. The van der Waals surface area contributed by atoms with Crippen molar-refractivity contribution in [2.24, 2.45) is 16.7 Å². The summed E-state index contributed by atoms with van der Waals surface area (Å²) in [6.07, 6.45) is 0.899. The largest absolute Gasteiger partial charge is 0.497 e. The fourth-order valence-electron chi connectivity index (χ4n) is 4.76. The molecule has 3 rings (SSSR count). The molecule has 138 valence electrons. The Morgan fingerprint density at radius 3 is 2.33 bits per heavy atom. The third-order valence-electron chi connectivity index (χ3n) is 6.03. The molecule has 0 spiro atoms. The van der Waals surface area contributed by atoms with Crippen molar-refractivity contribution in [1.82, 2.24) is 5.32 Å². The third kappa shape index (κ3) is 2.24. The normalized spacial score (nSPS) is 33.3. The van der Waals surface area contributed by atoms with Crippen LogP contribution in [-0.2, 0) is 4.79 Å². The van der Waals surface area contributed by atoms with Crippen LogP contribution in [0.3, 0.4) is 0 Å². The summed E-state index contributed by atoms with van der Waals surface area (Å²) in [7, 11) is 1.53. The second-order valence-electron chi connectivity index (χ2n) is 7.25. The van der Waals surface area contributed by atoms with Gasteiger partial charge in [-0.05, 0) is 24.1 Å². The first-order valence-corrected chi connectivity index (χ1v) is 8.80. The number of aliphatic hydroxyl groups is 1. The van der Waals surface area contributed by atoms with Crippen LogP contribution in [0.1, 0.15) is 37.7 Å². The number of nitrogens with one attached hydrogen (secondary N) is 1. The predicted molar refractivity (Wildman–Crippen MR) is 93.5 cm³/mol. The maximum atomic E-state index is 12.8. The number of carbonyl (C=O) groups is 1. The van der Waals surface area contributed by atoms with Crippen LogP contribution in [0.5, 0.6) is 5.75 Å². The van der Waals surface area contributed by atoms with Crippen LogP contribution in [0.4, 0.5) is 0 Å². The molecule has 1 saturated carbocycles. The molecule has 2 bridgehead atoms. The van der Waals surface area contributed by atoms with Crippen LogP contribution in [0, 0.1) is 50.7 Å². The first-order valence-electron chi connectivity index (χ1n) is 8.80. The van der Waals surface area contributed by atoms with Gasteiger partial charge >= 0.3 is 0 Å². The number of hydrogen-bond donors (Lipinski definition) is 2. The Labute approximate surface area is 157 Å². The number of amides is 1. The third-order valence-corrected chi connectivity index (χ3v) is 6.03. The monoisotopic (exact) mass is 364 g/mol. The Hall–Kier alpha value is -3.08. The Morgan fingerprint density at radius 1 is 1.22 bits per heavy atom. The SMILES string of the molecule is CCC[C@H]1[C@@H](c2ccc(OC)cc2)C(C#N)(C#N)[C@@]2(C#N)C[C@@]1(O)NC2=O. The van der Waals surface area contributed by atoms with E-state index in [1.165, 1.54) is 7.11 Å². The van der Waals surface area contributed by atoms with E-state index >= 15 is 0 Å². The molecule has 1 heterocycles. The number of nitrogens with zero attached hydrogens (tertiary/aromatic N) is 3. The van der Waals surface area contributed by atoms with Gasteiger partial charge in [-0.25, -0.2) is 0 Å². The molecule has 1 amide bonds. The lowest BCUT2D eigenvalue weighted by atomic mass is 9.48. The van der Waals surface area contributed by atoms with E-state index in [9.17, 15) is 25.7 Å². The number of hydrogen-bond acceptors (Lipinski definition) is 6. The fourth-order valence-corrected chi connectivity index (χ4v) is 4.76. The molecule has 0 aromatic heterocycles. The van der Waals surface area contributed by atoms with Gasteiger partial charge in [0.1, 0.15) is 11.5 Å². The van der Waals surface area contributed by atoms with E-state index in [1.807, 2.05) is 25.1 Å². The molecule has 0 unspecified atom stereocenters. The van der Waals surface area contributed by atoms with E-state index in [2.05, 4.69) is 5.32 Å². The number of benzene rings is 1. The van der Waals surface area contributed by atoms with Gasteiger partial charge in [-0.1, -0.05) is 25.5 Å². The Morgan fingerprint density at radius 2 is 1.85 bits per heavy atom. The average molecular weight is 364 g/mol. The molecule has 1 aromatic carbocycles. The highest BCUT2D eigenvalue weighted by molar-refractivity contribution is 5.92. The zero-order valence-corrected chi connectivity index (χ0v) is 15.2. The van der Waals surface area contributed by atoms with Gasteiger partial charge < -0.3 is 15.2 Å². The standard InChI is InChI=1S/C20H20N4O3/c1-3-4-15-16(13-5-7-14(27-2)8-6-13)19(11-22,12-23)18(10-21)9-20(15,26)24-17(18)25/h5-8,15-16,26H,3-4,9H2,1-2H3,(H,24,25)/t15-,16+,18+,20-/m0/s1. The molecule has 2 aliphatic rings. The van der Waals surface area contributed by atoms with Crippen molar-refractivity contribution < 1.29 is 14.6 Å². The molecular formula is C20H20N4O3. The van der Waals surface area contributed by atoms with Crippen molar-refractivity contribution >= 4 is 5.91 Å². The van der Waals surface area contributed by atoms with Crippen molar-refractivity contribution in [3.8, 4) is 24.0 Å². The molecule has 1 aromatic rings. The molecule has 27 heavy (non-hydrogen) atoms. The Balaban J connectivity index is 2.31. The van der Waals surface area contributed by atoms with Crippen molar-refractivity contribution in [2.75, 3.05) is 7.11 Å². The van der Waals surface area contributed by atoms with Gasteiger partial charge in [0.05, 0.1) is 25.3 Å². The highest BCUT2D eigenvalue weighted by atomic mass is 16.5. The van der Waals surface area contributed by atoms with Gasteiger partial charge in [-0.3, -0.25) is 4.79 Å². The van der Waals surface area contributed by atoms with E-state index in [4.69, 9.17) is 4.74 Å². The molecule has 0 radical (unpaired) electrons. The Kier molecular flexibility index (Phi) is 4.34. The van der Waals surface area contributed by atoms with Crippen molar-refractivity contribution in [1.29, 1.82) is 15.8 Å². The molecular weight excluding hydrogens is 344 g/mol. The van der Waals surface area contributed by atoms with Gasteiger partial charge in [0, 0.05) is 18.3 Å². The van der Waals surface area contributed by atoms with E-state index in [1.54, 1.807) is 24.3 Å². The lowest BCUT2D eigenvalue weighted by Gasteiger charge is -2.49. The number of rotatable bonds is 4. The van der Waals surface area contributed by atoms with E-state index < -0.39 is 34.3 Å². The van der Waals surface area contributed by atoms with Gasteiger partial charge in [0.25, 0.3) is 0 Å². The number of nitriles is 3. The summed E-state index contributed by atoms with van der Waals surface area (Å²) in [6, 6.07) is 12.8. The van der Waals surface area contributed by atoms with Gasteiger partial charge in [0.15, 0.2) is 10.8 Å². The van der Waals surface area contributed by atoms with Crippen molar-refractivity contribution in [3.63, 3.8) is 0 Å². The smallest absolute Gasteiger partial charge is 0.245 e. The molecule has 7 nitrogen and oxygen atoms in total. The highest BCUT2D eigenvalue weighted by Crippen LogP contribution is 2.65. The van der Waals surface area contributed by atoms with Crippen molar-refractivity contribution in [2.45, 2.75) is 37.8 Å². The number of carbonyl (C=O) groups excluding carboxylic acids is 1. The van der Waals surface area contributed by atoms with Crippen LogP contribution in [-0.4, -0.2) is 23.8 Å². The zero-order chi connectivity index (χ0) is 19.9. The number of methoxy groups -OCH3 is 1. The lowest BCUT2D eigenvalue weighted by Crippen LogP contribution is -2.57. The first-order chi connectivity index (χ1) is 12.9. The quantitative estimate of drug-likeness (QED) is 0.840. The molecule has 4 atom stereocenters. The fraction of sp³-hybridized carbons (Fsp3) is 0.500. The summed E-state index contributed by atoms with van der Waals surface area (Å²) < 4.78 is 5.17. The van der Waals surface area contributed by atoms with Crippen LogP contribution in [0.25, 0.3) is 0 Å². The molecule has 2 fully saturated rings. The molecule has 2 N–H and O–H groups in total. The molecule has 7 heteroatoms.